The van der Waals surface area contributed by atoms with E-state index in [0.29, 0.717) is 6.54 Å². The average Bonchev–Trinajstić information content (AvgIpc) is 2.02. The first-order valence-electron chi connectivity index (χ1n) is 3.85. The predicted octanol–water partition coefficient (Wildman–Crippen LogP) is 3.10. The summed E-state index contributed by atoms with van der Waals surface area (Å²) in [6.07, 6.45) is 5.43. The molecule has 3 heteroatoms. The molecule has 2 N–H and O–H groups in total. The monoisotopic (exact) mass is 213 g/mol. The van der Waals surface area contributed by atoms with Gasteiger partial charge in [-0.15, -0.1) is 12.6 Å². The highest BCUT2D eigenvalue weighted by Crippen LogP contribution is 2.24. The van der Waals surface area contributed by atoms with E-state index in [1.807, 2.05) is 19.1 Å². The third-order valence-electron chi connectivity index (χ3n) is 1.10. The fraction of sp³-hybridized carbons (Fsp3) is 0.200. The zero-order valence-electron chi connectivity index (χ0n) is 7.79. The van der Waals surface area contributed by atoms with Crippen molar-refractivity contribution in [3.8, 4) is 0 Å². The molecule has 0 spiro atoms. The first-order valence-corrected chi connectivity index (χ1v) is 5.12. The van der Waals surface area contributed by atoms with Crippen molar-refractivity contribution in [2.75, 3.05) is 6.54 Å². The fourth-order valence-electron chi connectivity index (χ4n) is 0.688. The van der Waals surface area contributed by atoms with Crippen LogP contribution in [0.3, 0.4) is 0 Å². The molecule has 0 heterocycles. The number of allylic oxidation sites excluding steroid dienone is 4. The minimum Gasteiger partial charge on any atom is -0.326 e. The van der Waals surface area contributed by atoms with Gasteiger partial charge in [0.25, 0.3) is 0 Å². The summed E-state index contributed by atoms with van der Waals surface area (Å²) in [7, 11) is 0. The zero-order chi connectivity index (χ0) is 10.3. The van der Waals surface area contributed by atoms with Crippen LogP contribution in [0, 0.1) is 0 Å². The van der Waals surface area contributed by atoms with Gasteiger partial charge in [0, 0.05) is 16.4 Å². The first-order chi connectivity index (χ1) is 6.10. The van der Waals surface area contributed by atoms with E-state index in [1.54, 1.807) is 17.8 Å². The van der Waals surface area contributed by atoms with Gasteiger partial charge in [-0.3, -0.25) is 0 Å². The topological polar surface area (TPSA) is 26.0 Å². The molecule has 0 fully saturated rings. The summed E-state index contributed by atoms with van der Waals surface area (Å²) in [5.41, 5.74) is 5.55. The minimum atomic E-state index is 0.507. The Morgan fingerprint density at radius 3 is 2.62 bits per heavy atom. The van der Waals surface area contributed by atoms with E-state index < -0.39 is 0 Å². The van der Waals surface area contributed by atoms with Crippen LogP contribution >= 0.6 is 24.4 Å². The zero-order valence-corrected chi connectivity index (χ0v) is 9.50. The van der Waals surface area contributed by atoms with Gasteiger partial charge in [-0.1, -0.05) is 31.0 Å². The van der Waals surface area contributed by atoms with Gasteiger partial charge >= 0.3 is 0 Å². The van der Waals surface area contributed by atoms with Crippen molar-refractivity contribution >= 4 is 24.4 Å². The van der Waals surface area contributed by atoms with Crippen LogP contribution in [-0.2, 0) is 0 Å². The van der Waals surface area contributed by atoms with Gasteiger partial charge in [0.2, 0.25) is 0 Å². The van der Waals surface area contributed by atoms with E-state index in [2.05, 4.69) is 25.8 Å². The largest absolute Gasteiger partial charge is 0.326 e. The Hall–Kier alpha value is -0.380. The standard InChI is InChI=1S/C10H15NS2/c1-4-5-9(12)6-10(7-11)13-8(2)3/h4-6,12H,1-2,7,11H2,3H3/b9-5+,10-6+. The Morgan fingerprint density at radius 1 is 1.62 bits per heavy atom. The minimum absolute atomic E-state index is 0.507. The molecular weight excluding hydrogens is 198 g/mol. The van der Waals surface area contributed by atoms with Crippen molar-refractivity contribution in [2.24, 2.45) is 5.73 Å². The molecule has 0 saturated carbocycles. The molecule has 72 valence electrons. The molecule has 1 nitrogen and oxygen atoms in total. The van der Waals surface area contributed by atoms with Crippen molar-refractivity contribution in [2.45, 2.75) is 6.92 Å². The molecule has 0 aliphatic rings. The summed E-state index contributed by atoms with van der Waals surface area (Å²) < 4.78 is 0. The van der Waals surface area contributed by atoms with Crippen molar-refractivity contribution in [1.82, 2.24) is 0 Å². The Bertz CT molecular complexity index is 252. The molecule has 0 aliphatic heterocycles. The molecule has 0 radical (unpaired) electrons. The second-order valence-electron chi connectivity index (χ2n) is 2.45. The molecule has 0 atom stereocenters. The molecule has 0 aromatic heterocycles. The number of hydrogen-bond acceptors (Lipinski definition) is 3. The fourth-order valence-corrected chi connectivity index (χ4v) is 1.75. The Balaban J connectivity index is 4.46. The molecule has 0 saturated heterocycles. The van der Waals surface area contributed by atoms with Gasteiger partial charge in [-0.2, -0.15) is 0 Å². The highest BCUT2D eigenvalue weighted by molar-refractivity contribution is 8.06. The summed E-state index contributed by atoms with van der Waals surface area (Å²) in [6, 6.07) is 0. The van der Waals surface area contributed by atoms with Gasteiger partial charge in [0.1, 0.15) is 0 Å². The van der Waals surface area contributed by atoms with Crippen LogP contribution in [0.5, 0.6) is 0 Å². The van der Waals surface area contributed by atoms with E-state index in [1.165, 1.54) is 0 Å². The second-order valence-corrected chi connectivity index (χ2v) is 4.39. The Morgan fingerprint density at radius 2 is 2.23 bits per heavy atom. The maximum Gasteiger partial charge on any atom is 0.0242 e. The summed E-state index contributed by atoms with van der Waals surface area (Å²) in [5.74, 6) is 0. The molecule has 0 unspecified atom stereocenters. The number of thiol groups is 1. The summed E-state index contributed by atoms with van der Waals surface area (Å²) in [4.78, 5) is 2.93. The molecular formula is C10H15NS2. The molecule has 0 aromatic carbocycles. The van der Waals surface area contributed by atoms with E-state index in [0.717, 1.165) is 14.7 Å². The molecule has 0 aromatic rings. The van der Waals surface area contributed by atoms with E-state index in [-0.39, 0.29) is 0 Å². The third-order valence-corrected chi connectivity index (χ3v) is 2.28. The Kier molecular flexibility index (Phi) is 6.86. The van der Waals surface area contributed by atoms with Crippen molar-refractivity contribution in [3.63, 3.8) is 0 Å². The summed E-state index contributed by atoms with van der Waals surface area (Å²) in [5, 5.41) is 0. The lowest BCUT2D eigenvalue weighted by atomic mass is 10.4. The normalized spacial score (nSPS) is 12.8. The number of hydrogen-bond donors (Lipinski definition) is 2. The van der Waals surface area contributed by atoms with Crippen LogP contribution in [-0.4, -0.2) is 6.54 Å². The van der Waals surface area contributed by atoms with Gasteiger partial charge < -0.3 is 5.73 Å². The van der Waals surface area contributed by atoms with E-state index >= 15 is 0 Å². The van der Waals surface area contributed by atoms with Gasteiger partial charge in [0.15, 0.2) is 0 Å². The lowest BCUT2D eigenvalue weighted by Crippen LogP contribution is -2.00. The SMILES string of the molecule is C=C/C=C(S)\C=C(/CN)SC(=C)C. The van der Waals surface area contributed by atoms with E-state index in [4.69, 9.17) is 5.73 Å². The van der Waals surface area contributed by atoms with Crippen molar-refractivity contribution in [1.29, 1.82) is 0 Å². The second kappa shape index (κ2) is 7.06. The lowest BCUT2D eigenvalue weighted by Gasteiger charge is -2.02. The molecule has 0 amide bonds. The van der Waals surface area contributed by atoms with Crippen LogP contribution in [0.25, 0.3) is 0 Å². The van der Waals surface area contributed by atoms with Crippen molar-refractivity contribution < 1.29 is 0 Å². The summed E-state index contributed by atoms with van der Waals surface area (Å²) in [6.45, 7) is 9.84. The van der Waals surface area contributed by atoms with Crippen LogP contribution in [0.4, 0.5) is 0 Å². The van der Waals surface area contributed by atoms with Gasteiger partial charge in [-0.25, -0.2) is 0 Å². The smallest absolute Gasteiger partial charge is 0.0242 e. The van der Waals surface area contributed by atoms with Crippen molar-refractivity contribution in [3.05, 3.63) is 46.1 Å². The van der Waals surface area contributed by atoms with Crippen LogP contribution in [0.15, 0.2) is 46.1 Å². The number of nitrogens with two attached hydrogens (primary N) is 1. The predicted molar refractivity (Wildman–Crippen MR) is 66.8 cm³/mol. The van der Waals surface area contributed by atoms with Crippen LogP contribution in [0.1, 0.15) is 6.92 Å². The maximum atomic E-state index is 5.55. The highest BCUT2D eigenvalue weighted by atomic mass is 32.2. The molecule has 0 aliphatic carbocycles. The third kappa shape index (κ3) is 6.75. The van der Waals surface area contributed by atoms with Gasteiger partial charge in [-0.05, 0) is 24.0 Å². The maximum absolute atomic E-state index is 5.55. The summed E-state index contributed by atoms with van der Waals surface area (Å²) >= 11 is 5.81. The van der Waals surface area contributed by atoms with Gasteiger partial charge in [0.05, 0.1) is 0 Å². The first kappa shape index (κ1) is 12.6. The lowest BCUT2D eigenvalue weighted by molar-refractivity contribution is 1.23. The average molecular weight is 213 g/mol. The molecule has 13 heavy (non-hydrogen) atoms. The number of thioether (sulfide) groups is 1. The van der Waals surface area contributed by atoms with E-state index in [9.17, 15) is 0 Å². The molecule has 0 rings (SSSR count). The number of rotatable bonds is 5. The Labute approximate surface area is 89.9 Å². The van der Waals surface area contributed by atoms with Crippen LogP contribution in [0.2, 0.25) is 0 Å². The molecule has 0 bridgehead atoms. The quantitative estimate of drug-likeness (QED) is 0.542. The highest BCUT2D eigenvalue weighted by Gasteiger charge is 1.96. The van der Waals surface area contributed by atoms with Crippen LogP contribution < -0.4 is 5.73 Å².